The SMILES string of the molecule is CC(C)(C)C(=O)OCCN(c1ccccc1)C(C)(C)C. The van der Waals surface area contributed by atoms with E-state index in [2.05, 4.69) is 37.8 Å². The molecule has 0 aliphatic heterocycles. The lowest BCUT2D eigenvalue weighted by Crippen LogP contribution is -2.44. The largest absolute Gasteiger partial charge is 0.463 e. The van der Waals surface area contributed by atoms with E-state index in [0.29, 0.717) is 13.2 Å². The van der Waals surface area contributed by atoms with Crippen LogP contribution in [0.4, 0.5) is 5.69 Å². The highest BCUT2D eigenvalue weighted by Crippen LogP contribution is 2.23. The van der Waals surface area contributed by atoms with Crippen molar-refractivity contribution in [2.75, 3.05) is 18.1 Å². The third-order valence-electron chi connectivity index (χ3n) is 3.04. The third kappa shape index (κ3) is 4.87. The van der Waals surface area contributed by atoms with Crippen molar-refractivity contribution >= 4 is 11.7 Å². The highest BCUT2D eigenvalue weighted by atomic mass is 16.5. The second kappa shape index (κ2) is 6.29. The van der Waals surface area contributed by atoms with Crippen molar-refractivity contribution in [1.82, 2.24) is 0 Å². The number of hydrogen-bond donors (Lipinski definition) is 0. The summed E-state index contributed by atoms with van der Waals surface area (Å²) in [6.07, 6.45) is 0. The van der Waals surface area contributed by atoms with E-state index in [1.165, 1.54) is 0 Å². The van der Waals surface area contributed by atoms with Gasteiger partial charge in [0.05, 0.1) is 12.0 Å². The lowest BCUT2D eigenvalue weighted by atomic mass is 9.97. The summed E-state index contributed by atoms with van der Waals surface area (Å²) in [5.41, 5.74) is 0.682. The van der Waals surface area contributed by atoms with Gasteiger partial charge in [-0.2, -0.15) is 0 Å². The molecule has 0 saturated carbocycles. The monoisotopic (exact) mass is 277 g/mol. The molecule has 0 unspecified atom stereocenters. The first kappa shape index (κ1) is 16.5. The summed E-state index contributed by atoms with van der Waals surface area (Å²) in [6, 6.07) is 10.2. The summed E-state index contributed by atoms with van der Waals surface area (Å²) in [4.78, 5) is 14.0. The van der Waals surface area contributed by atoms with E-state index in [4.69, 9.17) is 4.74 Å². The first-order valence-corrected chi connectivity index (χ1v) is 7.12. The van der Waals surface area contributed by atoms with Gasteiger partial charge in [0, 0.05) is 11.2 Å². The number of nitrogens with zero attached hydrogens (tertiary/aromatic N) is 1. The average Bonchev–Trinajstić information content (AvgIpc) is 2.32. The van der Waals surface area contributed by atoms with Gasteiger partial charge in [0.25, 0.3) is 0 Å². The van der Waals surface area contributed by atoms with E-state index in [0.717, 1.165) is 5.69 Å². The molecule has 3 nitrogen and oxygen atoms in total. The Kier molecular flexibility index (Phi) is 5.21. The van der Waals surface area contributed by atoms with Crippen LogP contribution in [0.1, 0.15) is 41.5 Å². The van der Waals surface area contributed by atoms with Crippen LogP contribution in [0.3, 0.4) is 0 Å². The van der Waals surface area contributed by atoms with Crippen molar-refractivity contribution in [2.45, 2.75) is 47.1 Å². The van der Waals surface area contributed by atoms with Crippen LogP contribution in [0.25, 0.3) is 0 Å². The fourth-order valence-corrected chi connectivity index (χ4v) is 1.91. The number of rotatable bonds is 4. The van der Waals surface area contributed by atoms with Gasteiger partial charge in [0.2, 0.25) is 0 Å². The average molecular weight is 277 g/mol. The Hall–Kier alpha value is -1.51. The molecule has 0 amide bonds. The first-order valence-electron chi connectivity index (χ1n) is 7.12. The number of hydrogen-bond acceptors (Lipinski definition) is 3. The Bertz CT molecular complexity index is 427. The van der Waals surface area contributed by atoms with Crippen LogP contribution >= 0.6 is 0 Å². The predicted octanol–water partition coefficient (Wildman–Crippen LogP) is 3.88. The van der Waals surface area contributed by atoms with Gasteiger partial charge < -0.3 is 9.64 Å². The number of anilines is 1. The lowest BCUT2D eigenvalue weighted by molar-refractivity contribution is -0.152. The molecule has 0 bridgehead atoms. The zero-order chi connectivity index (χ0) is 15.4. The second-order valence-corrected chi connectivity index (χ2v) is 7.04. The summed E-state index contributed by atoms with van der Waals surface area (Å²) in [5.74, 6) is -0.153. The number of benzene rings is 1. The minimum Gasteiger partial charge on any atom is -0.463 e. The molecule has 1 aromatic carbocycles. The Labute approximate surface area is 122 Å². The van der Waals surface area contributed by atoms with Gasteiger partial charge in [-0.15, -0.1) is 0 Å². The molecule has 0 fully saturated rings. The van der Waals surface area contributed by atoms with Crippen molar-refractivity contribution in [3.63, 3.8) is 0 Å². The fourth-order valence-electron chi connectivity index (χ4n) is 1.91. The Morgan fingerprint density at radius 2 is 1.60 bits per heavy atom. The number of carbonyl (C=O) groups excluding carboxylic acids is 1. The lowest BCUT2D eigenvalue weighted by Gasteiger charge is -2.37. The van der Waals surface area contributed by atoms with E-state index in [1.54, 1.807) is 0 Å². The number of esters is 1. The molecule has 112 valence electrons. The minimum absolute atomic E-state index is 0.0184. The number of ether oxygens (including phenoxy) is 1. The van der Waals surface area contributed by atoms with E-state index >= 15 is 0 Å². The minimum atomic E-state index is -0.445. The highest BCUT2D eigenvalue weighted by Gasteiger charge is 2.25. The molecular formula is C17H27NO2. The van der Waals surface area contributed by atoms with E-state index < -0.39 is 5.41 Å². The van der Waals surface area contributed by atoms with E-state index in [1.807, 2.05) is 39.0 Å². The summed E-state index contributed by atoms with van der Waals surface area (Å²) in [6.45, 7) is 13.2. The summed E-state index contributed by atoms with van der Waals surface area (Å²) in [5, 5.41) is 0. The van der Waals surface area contributed by atoms with Gasteiger partial charge in [-0.1, -0.05) is 18.2 Å². The van der Waals surface area contributed by atoms with Crippen LogP contribution in [0.2, 0.25) is 0 Å². The Balaban J connectivity index is 2.67. The third-order valence-corrected chi connectivity index (χ3v) is 3.04. The molecule has 0 aliphatic carbocycles. The van der Waals surface area contributed by atoms with E-state index in [-0.39, 0.29) is 11.5 Å². The molecule has 0 N–H and O–H groups in total. The molecule has 0 saturated heterocycles. The van der Waals surface area contributed by atoms with Crippen molar-refractivity contribution in [1.29, 1.82) is 0 Å². The van der Waals surface area contributed by atoms with Crippen molar-refractivity contribution in [3.8, 4) is 0 Å². The van der Waals surface area contributed by atoms with Crippen LogP contribution in [0, 0.1) is 5.41 Å². The maximum absolute atomic E-state index is 11.8. The van der Waals surface area contributed by atoms with Crippen LogP contribution < -0.4 is 4.90 Å². The van der Waals surface area contributed by atoms with Crippen LogP contribution in [-0.2, 0) is 9.53 Å². The summed E-state index contributed by atoms with van der Waals surface area (Å²) in [7, 11) is 0. The zero-order valence-corrected chi connectivity index (χ0v) is 13.6. The second-order valence-electron chi connectivity index (χ2n) is 7.04. The quantitative estimate of drug-likeness (QED) is 0.782. The fraction of sp³-hybridized carbons (Fsp3) is 0.588. The number of para-hydroxylation sites is 1. The maximum atomic E-state index is 11.8. The first-order chi connectivity index (χ1) is 9.12. The highest BCUT2D eigenvalue weighted by molar-refractivity contribution is 5.75. The standard InChI is InChI=1S/C17H27NO2/c1-16(2,3)15(19)20-13-12-18(17(4,5)6)14-10-8-7-9-11-14/h7-11H,12-13H2,1-6H3. The zero-order valence-electron chi connectivity index (χ0n) is 13.6. The molecule has 0 radical (unpaired) electrons. The van der Waals surface area contributed by atoms with Crippen molar-refractivity contribution < 1.29 is 9.53 Å². The molecule has 20 heavy (non-hydrogen) atoms. The van der Waals surface area contributed by atoms with Gasteiger partial charge >= 0.3 is 5.97 Å². The van der Waals surface area contributed by atoms with Crippen LogP contribution in [0.15, 0.2) is 30.3 Å². The molecule has 0 spiro atoms. The van der Waals surface area contributed by atoms with Crippen molar-refractivity contribution in [2.24, 2.45) is 5.41 Å². The van der Waals surface area contributed by atoms with Gasteiger partial charge in [-0.05, 0) is 53.7 Å². The number of carbonyl (C=O) groups is 1. The smallest absolute Gasteiger partial charge is 0.311 e. The van der Waals surface area contributed by atoms with Crippen LogP contribution in [-0.4, -0.2) is 24.7 Å². The summed E-state index contributed by atoms with van der Waals surface area (Å²) < 4.78 is 5.37. The van der Waals surface area contributed by atoms with Crippen molar-refractivity contribution in [3.05, 3.63) is 30.3 Å². The molecule has 3 heteroatoms. The predicted molar refractivity (Wildman–Crippen MR) is 84.0 cm³/mol. The molecule has 1 aromatic rings. The van der Waals surface area contributed by atoms with Crippen LogP contribution in [0.5, 0.6) is 0 Å². The maximum Gasteiger partial charge on any atom is 0.311 e. The molecular weight excluding hydrogens is 250 g/mol. The topological polar surface area (TPSA) is 29.5 Å². The molecule has 0 aliphatic rings. The molecule has 0 aromatic heterocycles. The molecule has 1 rings (SSSR count). The molecule has 0 heterocycles. The Morgan fingerprint density at radius 1 is 1.05 bits per heavy atom. The normalized spacial score (nSPS) is 12.1. The molecule has 0 atom stereocenters. The van der Waals surface area contributed by atoms with E-state index in [9.17, 15) is 4.79 Å². The van der Waals surface area contributed by atoms with Gasteiger partial charge in [-0.3, -0.25) is 4.79 Å². The van der Waals surface area contributed by atoms with Gasteiger partial charge in [0.1, 0.15) is 6.61 Å². The van der Waals surface area contributed by atoms with Gasteiger partial charge in [-0.25, -0.2) is 0 Å². The Morgan fingerprint density at radius 3 is 2.05 bits per heavy atom. The summed E-state index contributed by atoms with van der Waals surface area (Å²) >= 11 is 0. The van der Waals surface area contributed by atoms with Gasteiger partial charge in [0.15, 0.2) is 0 Å².